The fourth-order valence-corrected chi connectivity index (χ4v) is 1.37. The average molecular weight is 225 g/mol. The number of aryl methyl sites for hydroxylation is 1. The van der Waals surface area contributed by atoms with Crippen LogP contribution < -0.4 is 11.1 Å². The van der Waals surface area contributed by atoms with Gasteiger partial charge in [0.2, 0.25) is 0 Å². The minimum absolute atomic E-state index is 0.0864. The van der Waals surface area contributed by atoms with E-state index >= 15 is 0 Å². The molecule has 88 valence electrons. The Balaban J connectivity index is 2.91. The molecule has 0 aliphatic rings. The number of aliphatic hydroxyl groups is 1. The van der Waals surface area contributed by atoms with Gasteiger partial charge in [0.15, 0.2) is 0 Å². The van der Waals surface area contributed by atoms with Gasteiger partial charge in [0.1, 0.15) is 5.69 Å². The van der Waals surface area contributed by atoms with Crippen molar-refractivity contribution >= 4 is 17.1 Å². The van der Waals surface area contributed by atoms with Gasteiger partial charge in [0.05, 0.1) is 4.92 Å². The number of nitrogens with zero attached hydrogens (tertiary/aromatic N) is 1. The molecule has 0 atom stereocenters. The first-order valence-corrected chi connectivity index (χ1v) is 4.95. The van der Waals surface area contributed by atoms with Gasteiger partial charge in [-0.25, -0.2) is 0 Å². The van der Waals surface area contributed by atoms with Gasteiger partial charge in [-0.15, -0.1) is 0 Å². The molecule has 1 rings (SSSR count). The highest BCUT2D eigenvalue weighted by Gasteiger charge is 2.13. The van der Waals surface area contributed by atoms with Crippen LogP contribution in [0.1, 0.15) is 12.0 Å². The first kappa shape index (κ1) is 12.3. The first-order chi connectivity index (χ1) is 7.56. The smallest absolute Gasteiger partial charge is 0.294 e. The Morgan fingerprint density at radius 2 is 2.25 bits per heavy atom. The Morgan fingerprint density at radius 3 is 2.81 bits per heavy atom. The summed E-state index contributed by atoms with van der Waals surface area (Å²) in [5, 5.41) is 22.3. The number of aliphatic hydroxyl groups excluding tert-OH is 1. The maximum Gasteiger partial charge on any atom is 0.294 e. The molecule has 4 N–H and O–H groups in total. The lowest BCUT2D eigenvalue weighted by Crippen LogP contribution is -2.06. The number of nitrogen functional groups attached to an aromatic ring is 1. The number of nitrogens with one attached hydrogen (secondary N) is 1. The van der Waals surface area contributed by atoms with Crippen LogP contribution in [0.15, 0.2) is 12.1 Å². The Morgan fingerprint density at radius 1 is 1.56 bits per heavy atom. The summed E-state index contributed by atoms with van der Waals surface area (Å²) < 4.78 is 0. The second kappa shape index (κ2) is 5.32. The van der Waals surface area contributed by atoms with Crippen LogP contribution in [0.4, 0.5) is 17.1 Å². The lowest BCUT2D eigenvalue weighted by molar-refractivity contribution is -0.383. The number of rotatable bonds is 5. The third-order valence-corrected chi connectivity index (χ3v) is 2.22. The molecule has 1 aromatic carbocycles. The Bertz CT molecular complexity index is 393. The number of nitro benzene ring substituents is 1. The van der Waals surface area contributed by atoms with Gasteiger partial charge in [-0.05, 0) is 25.0 Å². The maximum absolute atomic E-state index is 10.7. The first-order valence-electron chi connectivity index (χ1n) is 4.95. The van der Waals surface area contributed by atoms with Crippen molar-refractivity contribution in [1.82, 2.24) is 0 Å². The SMILES string of the molecule is Cc1cc(N)c([N+](=O)[O-])cc1NCCCO. The zero-order valence-electron chi connectivity index (χ0n) is 9.06. The molecule has 0 amide bonds. The van der Waals surface area contributed by atoms with E-state index in [2.05, 4.69) is 5.32 Å². The largest absolute Gasteiger partial charge is 0.396 e. The monoisotopic (exact) mass is 225 g/mol. The number of hydrogen-bond acceptors (Lipinski definition) is 5. The summed E-state index contributed by atoms with van der Waals surface area (Å²) in [4.78, 5) is 10.2. The highest BCUT2D eigenvalue weighted by atomic mass is 16.6. The molecule has 0 heterocycles. The molecular formula is C10H15N3O3. The van der Waals surface area contributed by atoms with Gasteiger partial charge in [0.25, 0.3) is 5.69 Å². The van der Waals surface area contributed by atoms with E-state index in [-0.39, 0.29) is 18.0 Å². The predicted molar refractivity (Wildman–Crippen MR) is 62.4 cm³/mol. The molecule has 0 aliphatic heterocycles. The van der Waals surface area contributed by atoms with Crippen LogP contribution in [0.3, 0.4) is 0 Å². The Kier molecular flexibility index (Phi) is 4.07. The van der Waals surface area contributed by atoms with Crippen molar-refractivity contribution in [1.29, 1.82) is 0 Å². The minimum Gasteiger partial charge on any atom is -0.396 e. The lowest BCUT2D eigenvalue weighted by Gasteiger charge is -2.09. The van der Waals surface area contributed by atoms with Crippen molar-refractivity contribution in [3.05, 3.63) is 27.8 Å². The van der Waals surface area contributed by atoms with E-state index in [4.69, 9.17) is 10.8 Å². The summed E-state index contributed by atoms with van der Waals surface area (Å²) in [6.07, 6.45) is 0.595. The van der Waals surface area contributed by atoms with E-state index in [0.717, 1.165) is 5.56 Å². The molecule has 0 saturated carbocycles. The standard InChI is InChI=1S/C10H15N3O3/c1-7-5-8(11)10(13(15)16)6-9(7)12-3-2-4-14/h5-6,12,14H,2-4,11H2,1H3. The van der Waals surface area contributed by atoms with Crippen molar-refractivity contribution in [3.8, 4) is 0 Å². The Hall–Kier alpha value is -1.82. The number of hydrogen-bond donors (Lipinski definition) is 3. The quantitative estimate of drug-likeness (QED) is 0.303. The topological polar surface area (TPSA) is 101 Å². The third kappa shape index (κ3) is 2.83. The molecule has 0 fully saturated rings. The van der Waals surface area contributed by atoms with Gasteiger partial charge in [-0.3, -0.25) is 10.1 Å². The van der Waals surface area contributed by atoms with Crippen LogP contribution >= 0.6 is 0 Å². The van der Waals surface area contributed by atoms with Crippen LogP contribution in [-0.2, 0) is 0 Å². The Labute approximate surface area is 93.2 Å². The average Bonchev–Trinajstić information content (AvgIpc) is 2.21. The molecule has 0 bridgehead atoms. The summed E-state index contributed by atoms with van der Waals surface area (Å²) in [5.41, 5.74) is 7.12. The van der Waals surface area contributed by atoms with Crippen LogP contribution in [0.25, 0.3) is 0 Å². The molecule has 0 saturated heterocycles. The third-order valence-electron chi connectivity index (χ3n) is 2.22. The van der Waals surface area contributed by atoms with Crippen LogP contribution in [0.2, 0.25) is 0 Å². The van der Waals surface area contributed by atoms with Crippen molar-refractivity contribution in [2.24, 2.45) is 0 Å². The van der Waals surface area contributed by atoms with E-state index in [1.54, 1.807) is 6.07 Å². The van der Waals surface area contributed by atoms with Crippen molar-refractivity contribution in [2.45, 2.75) is 13.3 Å². The summed E-state index contributed by atoms with van der Waals surface area (Å²) in [6.45, 7) is 2.48. The highest BCUT2D eigenvalue weighted by Crippen LogP contribution is 2.28. The molecule has 0 aromatic heterocycles. The molecular weight excluding hydrogens is 210 g/mol. The molecule has 0 aliphatic carbocycles. The summed E-state index contributed by atoms with van der Waals surface area (Å²) in [5.74, 6) is 0. The van der Waals surface area contributed by atoms with Gasteiger partial charge in [-0.2, -0.15) is 0 Å². The summed E-state index contributed by atoms with van der Waals surface area (Å²) in [6, 6.07) is 2.99. The van der Waals surface area contributed by atoms with Crippen molar-refractivity contribution < 1.29 is 10.0 Å². The zero-order chi connectivity index (χ0) is 12.1. The molecule has 16 heavy (non-hydrogen) atoms. The lowest BCUT2D eigenvalue weighted by atomic mass is 10.1. The van der Waals surface area contributed by atoms with Crippen molar-refractivity contribution in [3.63, 3.8) is 0 Å². The number of benzene rings is 1. The minimum atomic E-state index is -0.508. The van der Waals surface area contributed by atoms with Gasteiger partial charge in [0, 0.05) is 24.9 Å². The summed E-state index contributed by atoms with van der Waals surface area (Å²) in [7, 11) is 0. The van der Waals surface area contributed by atoms with E-state index in [1.165, 1.54) is 6.07 Å². The number of nitrogens with two attached hydrogens (primary N) is 1. The molecule has 0 spiro atoms. The number of anilines is 2. The van der Waals surface area contributed by atoms with Crippen LogP contribution in [0, 0.1) is 17.0 Å². The molecule has 1 aromatic rings. The molecule has 6 heteroatoms. The number of nitro groups is 1. The van der Waals surface area contributed by atoms with E-state index in [1.807, 2.05) is 6.92 Å². The van der Waals surface area contributed by atoms with E-state index in [9.17, 15) is 10.1 Å². The fourth-order valence-electron chi connectivity index (χ4n) is 1.37. The van der Waals surface area contributed by atoms with E-state index < -0.39 is 4.92 Å². The summed E-state index contributed by atoms with van der Waals surface area (Å²) >= 11 is 0. The second-order valence-corrected chi connectivity index (χ2v) is 3.49. The predicted octanol–water partition coefficient (Wildman–Crippen LogP) is 1.28. The van der Waals surface area contributed by atoms with E-state index in [0.29, 0.717) is 18.7 Å². The van der Waals surface area contributed by atoms with Gasteiger partial charge >= 0.3 is 0 Å². The van der Waals surface area contributed by atoms with Crippen LogP contribution in [0.5, 0.6) is 0 Å². The molecule has 6 nitrogen and oxygen atoms in total. The second-order valence-electron chi connectivity index (χ2n) is 3.49. The zero-order valence-corrected chi connectivity index (χ0v) is 9.06. The van der Waals surface area contributed by atoms with Crippen LogP contribution in [-0.4, -0.2) is 23.2 Å². The molecule has 0 unspecified atom stereocenters. The fraction of sp³-hybridized carbons (Fsp3) is 0.400. The molecule has 0 radical (unpaired) electrons. The van der Waals surface area contributed by atoms with Crippen molar-refractivity contribution in [2.75, 3.05) is 24.2 Å². The normalized spacial score (nSPS) is 10.1. The van der Waals surface area contributed by atoms with Gasteiger partial charge in [-0.1, -0.05) is 0 Å². The van der Waals surface area contributed by atoms with Gasteiger partial charge < -0.3 is 16.2 Å². The maximum atomic E-state index is 10.7. The highest BCUT2D eigenvalue weighted by molar-refractivity contribution is 5.69.